The van der Waals surface area contributed by atoms with Crippen LogP contribution in [0.3, 0.4) is 0 Å². The number of methoxy groups -OCH3 is 1. The highest BCUT2D eigenvalue weighted by molar-refractivity contribution is 5.33. The summed E-state index contributed by atoms with van der Waals surface area (Å²) in [6.07, 6.45) is 5.12. The second-order valence-electron chi connectivity index (χ2n) is 5.54. The fourth-order valence-electron chi connectivity index (χ4n) is 2.93. The molecule has 1 fully saturated rings. The van der Waals surface area contributed by atoms with Gasteiger partial charge in [0.15, 0.2) is 0 Å². The normalized spacial score (nSPS) is 25.0. The standard InChI is InChI=1S/C16H25NO2/c1-12(17-14-8-4-5-9-15(14)18)11-13-7-3-6-10-16(13)19-2/h3,6-7,10,12,14-15,17-18H,4-5,8-9,11H2,1-2H3/t12-,14-,15-/m0/s1. The summed E-state index contributed by atoms with van der Waals surface area (Å²) in [5.41, 5.74) is 1.22. The van der Waals surface area contributed by atoms with Crippen molar-refractivity contribution in [3.63, 3.8) is 0 Å². The van der Waals surface area contributed by atoms with Crippen molar-refractivity contribution in [2.45, 2.75) is 57.2 Å². The third-order valence-electron chi connectivity index (χ3n) is 3.95. The van der Waals surface area contributed by atoms with Gasteiger partial charge < -0.3 is 15.2 Å². The molecule has 0 amide bonds. The van der Waals surface area contributed by atoms with E-state index in [1.54, 1.807) is 7.11 Å². The summed E-state index contributed by atoms with van der Waals surface area (Å²) in [4.78, 5) is 0. The number of rotatable bonds is 5. The first kappa shape index (κ1) is 14.4. The van der Waals surface area contributed by atoms with Crippen LogP contribution < -0.4 is 10.1 Å². The molecule has 2 rings (SSSR count). The van der Waals surface area contributed by atoms with Crippen LogP contribution in [0.1, 0.15) is 38.2 Å². The van der Waals surface area contributed by atoms with E-state index in [0.29, 0.717) is 6.04 Å². The van der Waals surface area contributed by atoms with Crippen molar-refractivity contribution in [1.82, 2.24) is 5.32 Å². The van der Waals surface area contributed by atoms with Crippen LogP contribution in [0.2, 0.25) is 0 Å². The van der Waals surface area contributed by atoms with Crippen molar-refractivity contribution in [3.05, 3.63) is 29.8 Å². The maximum absolute atomic E-state index is 10.00. The Kier molecular flexibility index (Phi) is 5.23. The summed E-state index contributed by atoms with van der Waals surface area (Å²) in [7, 11) is 1.71. The van der Waals surface area contributed by atoms with Crippen molar-refractivity contribution in [1.29, 1.82) is 0 Å². The first-order valence-corrected chi connectivity index (χ1v) is 7.26. The van der Waals surface area contributed by atoms with Gasteiger partial charge in [0.25, 0.3) is 0 Å². The number of hydrogen-bond acceptors (Lipinski definition) is 3. The largest absolute Gasteiger partial charge is 0.496 e. The van der Waals surface area contributed by atoms with Gasteiger partial charge in [0, 0.05) is 12.1 Å². The molecule has 3 atom stereocenters. The molecule has 1 aromatic rings. The molecule has 0 spiro atoms. The minimum Gasteiger partial charge on any atom is -0.496 e. The molecule has 3 heteroatoms. The topological polar surface area (TPSA) is 41.5 Å². The number of benzene rings is 1. The monoisotopic (exact) mass is 263 g/mol. The average Bonchev–Trinajstić information content (AvgIpc) is 2.42. The molecule has 1 aliphatic rings. The highest BCUT2D eigenvalue weighted by Gasteiger charge is 2.24. The molecule has 0 radical (unpaired) electrons. The Bertz CT molecular complexity index is 394. The Morgan fingerprint density at radius 1 is 1.32 bits per heavy atom. The Morgan fingerprint density at radius 2 is 2.05 bits per heavy atom. The fraction of sp³-hybridized carbons (Fsp3) is 0.625. The summed E-state index contributed by atoms with van der Waals surface area (Å²) in [5, 5.41) is 13.6. The highest BCUT2D eigenvalue weighted by Crippen LogP contribution is 2.21. The van der Waals surface area contributed by atoms with Gasteiger partial charge in [-0.3, -0.25) is 0 Å². The Morgan fingerprint density at radius 3 is 2.79 bits per heavy atom. The quantitative estimate of drug-likeness (QED) is 0.857. The zero-order valence-electron chi connectivity index (χ0n) is 11.9. The maximum atomic E-state index is 10.00. The Balaban J connectivity index is 1.91. The van der Waals surface area contributed by atoms with E-state index in [0.717, 1.165) is 31.4 Å². The molecule has 1 saturated carbocycles. The summed E-state index contributed by atoms with van der Waals surface area (Å²) < 4.78 is 5.38. The number of aliphatic hydroxyl groups excluding tert-OH is 1. The van der Waals surface area contributed by atoms with E-state index in [1.165, 1.54) is 12.0 Å². The van der Waals surface area contributed by atoms with Gasteiger partial charge >= 0.3 is 0 Å². The number of ether oxygens (including phenoxy) is 1. The third-order valence-corrected chi connectivity index (χ3v) is 3.95. The fourth-order valence-corrected chi connectivity index (χ4v) is 2.93. The van der Waals surface area contributed by atoms with Gasteiger partial charge in [0.2, 0.25) is 0 Å². The Hall–Kier alpha value is -1.06. The number of hydrogen-bond donors (Lipinski definition) is 2. The van der Waals surface area contributed by atoms with Gasteiger partial charge in [-0.25, -0.2) is 0 Å². The summed E-state index contributed by atoms with van der Waals surface area (Å²) >= 11 is 0. The Labute approximate surface area is 116 Å². The molecular weight excluding hydrogens is 238 g/mol. The van der Waals surface area contributed by atoms with Gasteiger partial charge in [-0.1, -0.05) is 31.0 Å². The van der Waals surface area contributed by atoms with Crippen LogP contribution in [0, 0.1) is 0 Å². The second kappa shape index (κ2) is 6.92. The van der Waals surface area contributed by atoms with E-state index in [4.69, 9.17) is 4.74 Å². The van der Waals surface area contributed by atoms with Crippen LogP contribution in [0.25, 0.3) is 0 Å². The van der Waals surface area contributed by atoms with Gasteiger partial charge in [-0.2, -0.15) is 0 Å². The predicted octanol–water partition coefficient (Wildman–Crippen LogP) is 2.52. The second-order valence-corrected chi connectivity index (χ2v) is 5.54. The average molecular weight is 263 g/mol. The van der Waals surface area contributed by atoms with Gasteiger partial charge in [-0.05, 0) is 37.8 Å². The van der Waals surface area contributed by atoms with Crippen LogP contribution in [0.4, 0.5) is 0 Å². The van der Waals surface area contributed by atoms with Crippen molar-refractivity contribution < 1.29 is 9.84 Å². The van der Waals surface area contributed by atoms with E-state index in [-0.39, 0.29) is 12.1 Å². The molecular formula is C16H25NO2. The predicted molar refractivity (Wildman–Crippen MR) is 77.6 cm³/mol. The van der Waals surface area contributed by atoms with Gasteiger partial charge in [-0.15, -0.1) is 0 Å². The smallest absolute Gasteiger partial charge is 0.122 e. The van der Waals surface area contributed by atoms with E-state index >= 15 is 0 Å². The van der Waals surface area contributed by atoms with E-state index in [9.17, 15) is 5.11 Å². The lowest BCUT2D eigenvalue weighted by Crippen LogP contribution is -2.46. The van der Waals surface area contributed by atoms with Crippen LogP contribution >= 0.6 is 0 Å². The maximum Gasteiger partial charge on any atom is 0.122 e. The lowest BCUT2D eigenvalue weighted by Gasteiger charge is -2.31. The zero-order valence-corrected chi connectivity index (χ0v) is 11.9. The van der Waals surface area contributed by atoms with Crippen LogP contribution in [-0.4, -0.2) is 30.4 Å². The molecule has 0 heterocycles. The lowest BCUT2D eigenvalue weighted by atomic mass is 9.91. The zero-order chi connectivity index (χ0) is 13.7. The SMILES string of the molecule is COc1ccccc1C[C@H](C)N[C@H]1CCCC[C@@H]1O. The van der Waals surface area contributed by atoms with Crippen molar-refractivity contribution in [2.24, 2.45) is 0 Å². The molecule has 0 saturated heterocycles. The number of nitrogens with one attached hydrogen (secondary N) is 1. The summed E-state index contributed by atoms with van der Waals surface area (Å²) in [5.74, 6) is 0.945. The van der Waals surface area contributed by atoms with E-state index in [1.807, 2.05) is 18.2 Å². The van der Waals surface area contributed by atoms with E-state index < -0.39 is 0 Å². The number of aliphatic hydroxyl groups is 1. The van der Waals surface area contributed by atoms with Gasteiger partial charge in [0.05, 0.1) is 13.2 Å². The van der Waals surface area contributed by atoms with Crippen LogP contribution in [0.5, 0.6) is 5.75 Å². The molecule has 106 valence electrons. The molecule has 2 N–H and O–H groups in total. The van der Waals surface area contributed by atoms with Gasteiger partial charge in [0.1, 0.15) is 5.75 Å². The van der Waals surface area contributed by atoms with Crippen LogP contribution in [0.15, 0.2) is 24.3 Å². The minimum atomic E-state index is -0.186. The summed E-state index contributed by atoms with van der Waals surface area (Å²) in [6.45, 7) is 2.17. The molecule has 0 aromatic heterocycles. The lowest BCUT2D eigenvalue weighted by molar-refractivity contribution is 0.0859. The van der Waals surface area contributed by atoms with Crippen LogP contribution in [-0.2, 0) is 6.42 Å². The minimum absolute atomic E-state index is 0.186. The molecule has 0 unspecified atom stereocenters. The molecule has 1 aromatic carbocycles. The number of para-hydroxylation sites is 1. The summed E-state index contributed by atoms with van der Waals surface area (Å²) in [6, 6.07) is 8.73. The molecule has 3 nitrogen and oxygen atoms in total. The van der Waals surface area contributed by atoms with Crippen molar-refractivity contribution >= 4 is 0 Å². The molecule has 0 bridgehead atoms. The molecule has 0 aliphatic heterocycles. The molecule has 19 heavy (non-hydrogen) atoms. The van der Waals surface area contributed by atoms with E-state index in [2.05, 4.69) is 18.3 Å². The first-order valence-electron chi connectivity index (χ1n) is 7.26. The van der Waals surface area contributed by atoms with Crippen molar-refractivity contribution in [3.8, 4) is 5.75 Å². The van der Waals surface area contributed by atoms with Crippen molar-refractivity contribution in [2.75, 3.05) is 7.11 Å². The molecule has 1 aliphatic carbocycles. The highest BCUT2D eigenvalue weighted by atomic mass is 16.5. The first-order chi connectivity index (χ1) is 9.20. The third kappa shape index (κ3) is 3.95.